The van der Waals surface area contributed by atoms with E-state index < -0.39 is 20.0 Å². The topological polar surface area (TPSA) is 116 Å². The van der Waals surface area contributed by atoms with Crippen molar-refractivity contribution in [2.75, 3.05) is 18.1 Å². The zero-order valence-electron chi connectivity index (χ0n) is 27.7. The molecule has 1 aliphatic heterocycles. The molecule has 1 saturated heterocycles. The predicted molar refractivity (Wildman–Crippen MR) is 176 cm³/mol. The van der Waals surface area contributed by atoms with Crippen LogP contribution in [0.4, 0.5) is 10.6 Å². The van der Waals surface area contributed by atoms with Crippen LogP contribution in [0, 0.1) is 0 Å². The fourth-order valence-corrected chi connectivity index (χ4v) is 6.67. The van der Waals surface area contributed by atoms with Gasteiger partial charge in [0.15, 0.2) is 19.7 Å². The Balaban J connectivity index is 1.17. The largest absolute Gasteiger partial charge is 0.473 e. The second kappa shape index (κ2) is 11.6. The number of imidazole rings is 1. The Morgan fingerprint density at radius 3 is 2.62 bits per heavy atom. The second-order valence-corrected chi connectivity index (χ2v) is 19.7. The third-order valence-electron chi connectivity index (χ3n) is 9.21. The molecule has 12 heteroatoms. The van der Waals surface area contributed by atoms with Crippen molar-refractivity contribution in [3.8, 4) is 17.3 Å². The molecule has 242 valence electrons. The highest BCUT2D eigenvalue weighted by molar-refractivity contribution is 6.74. The standard InChI is InChI=1S/C33H46N6O5Si/c1-32(2,3)44-31(40)36-21-16-23(17-21)42-29-12-11-28-35-19-25(39(28)37-29)27-18-24-26(43-27)13-14-34-30(24)38-15-9-10-22(38)20-41-45(7,8)33(4,5)6/h11-14,18-19,21-23H,9-10,15-17,20H2,1-8H3,(H,36,40)/t21-,22-,23-/m1/s1. The number of ether oxygens (including phenoxy) is 2. The summed E-state index contributed by atoms with van der Waals surface area (Å²) < 4.78 is 26.3. The van der Waals surface area contributed by atoms with Gasteiger partial charge in [-0.05, 0) is 69.9 Å². The molecular formula is C33H46N6O5Si. The third kappa shape index (κ3) is 6.67. The van der Waals surface area contributed by atoms with E-state index in [4.69, 9.17) is 28.4 Å². The highest BCUT2D eigenvalue weighted by atomic mass is 28.4. The predicted octanol–water partition coefficient (Wildman–Crippen LogP) is 6.96. The molecule has 1 amide bonds. The van der Waals surface area contributed by atoms with E-state index in [0.29, 0.717) is 36.7 Å². The number of nitrogens with one attached hydrogen (secondary N) is 1. The Morgan fingerprint density at radius 2 is 1.89 bits per heavy atom. The Morgan fingerprint density at radius 1 is 1.11 bits per heavy atom. The first-order valence-electron chi connectivity index (χ1n) is 16.0. The van der Waals surface area contributed by atoms with E-state index in [0.717, 1.165) is 41.9 Å². The van der Waals surface area contributed by atoms with Crippen LogP contribution in [0.25, 0.3) is 28.1 Å². The molecule has 11 nitrogen and oxygen atoms in total. The Kier molecular flexibility index (Phi) is 8.09. The van der Waals surface area contributed by atoms with Crippen LogP contribution in [0.2, 0.25) is 18.1 Å². The van der Waals surface area contributed by atoms with Gasteiger partial charge in [-0.25, -0.2) is 19.3 Å². The van der Waals surface area contributed by atoms with Gasteiger partial charge in [0.2, 0.25) is 5.88 Å². The van der Waals surface area contributed by atoms with Crippen LogP contribution in [0.5, 0.6) is 5.88 Å². The van der Waals surface area contributed by atoms with Crippen LogP contribution in [-0.2, 0) is 9.16 Å². The number of nitrogens with zero attached hydrogens (tertiary/aromatic N) is 5. The van der Waals surface area contributed by atoms with E-state index in [-0.39, 0.29) is 23.2 Å². The lowest BCUT2D eigenvalue weighted by atomic mass is 9.89. The van der Waals surface area contributed by atoms with Crippen molar-refractivity contribution >= 4 is 36.8 Å². The van der Waals surface area contributed by atoms with Gasteiger partial charge in [-0.3, -0.25) is 0 Å². The van der Waals surface area contributed by atoms with E-state index in [2.05, 4.69) is 49.1 Å². The van der Waals surface area contributed by atoms with E-state index in [1.54, 1.807) is 10.7 Å². The molecule has 4 aromatic rings. The third-order valence-corrected chi connectivity index (χ3v) is 13.7. The van der Waals surface area contributed by atoms with Gasteiger partial charge in [0, 0.05) is 37.7 Å². The molecule has 6 rings (SSSR count). The van der Waals surface area contributed by atoms with Crippen molar-refractivity contribution < 1.29 is 23.1 Å². The fraction of sp³-hybridized carbons (Fsp3) is 0.576. The van der Waals surface area contributed by atoms with Crippen molar-refractivity contribution in [1.29, 1.82) is 0 Å². The molecule has 1 aliphatic carbocycles. The number of alkyl carbamates (subject to hydrolysis) is 1. The Hall–Kier alpha value is -3.64. The number of carbonyl (C=O) groups excluding carboxylic acids is 1. The van der Waals surface area contributed by atoms with Crippen LogP contribution in [0.3, 0.4) is 0 Å². The summed E-state index contributed by atoms with van der Waals surface area (Å²) in [6, 6.07) is 7.94. The zero-order valence-corrected chi connectivity index (χ0v) is 28.7. The molecule has 1 N–H and O–H groups in total. The minimum Gasteiger partial charge on any atom is -0.473 e. The van der Waals surface area contributed by atoms with Crippen LogP contribution in [0.1, 0.15) is 67.2 Å². The van der Waals surface area contributed by atoms with Gasteiger partial charge in [-0.15, -0.1) is 5.10 Å². The number of hydrogen-bond donors (Lipinski definition) is 1. The molecule has 45 heavy (non-hydrogen) atoms. The molecule has 1 saturated carbocycles. The number of amides is 1. The lowest BCUT2D eigenvalue weighted by molar-refractivity contribution is 0.0352. The van der Waals surface area contributed by atoms with Crippen LogP contribution in [0.15, 0.2) is 41.1 Å². The number of carbonyl (C=O) groups is 1. The number of aromatic nitrogens is 4. The maximum atomic E-state index is 12.1. The summed E-state index contributed by atoms with van der Waals surface area (Å²) in [6.45, 7) is 18.6. The quantitative estimate of drug-likeness (QED) is 0.205. The van der Waals surface area contributed by atoms with Gasteiger partial charge in [0.25, 0.3) is 0 Å². The summed E-state index contributed by atoms with van der Waals surface area (Å²) in [4.78, 5) is 23.8. The minimum absolute atomic E-state index is 0.0181. The highest BCUT2D eigenvalue weighted by Crippen LogP contribution is 2.39. The first-order chi connectivity index (χ1) is 21.2. The van der Waals surface area contributed by atoms with Crippen LogP contribution in [-0.4, -0.2) is 70.9 Å². The smallest absolute Gasteiger partial charge is 0.407 e. The summed E-state index contributed by atoms with van der Waals surface area (Å²) >= 11 is 0. The minimum atomic E-state index is -1.86. The van der Waals surface area contributed by atoms with Gasteiger partial charge in [0.05, 0.1) is 24.2 Å². The molecule has 0 radical (unpaired) electrons. The first kappa shape index (κ1) is 31.3. The van der Waals surface area contributed by atoms with Gasteiger partial charge >= 0.3 is 6.09 Å². The number of fused-ring (bicyclic) bond motifs is 2. The summed E-state index contributed by atoms with van der Waals surface area (Å²) in [5.41, 5.74) is 1.66. The average Bonchev–Trinajstić information content (AvgIpc) is 3.66. The molecule has 4 aromatic heterocycles. The molecule has 0 aromatic carbocycles. The number of hydrogen-bond acceptors (Lipinski definition) is 9. The van der Waals surface area contributed by atoms with Crippen molar-refractivity contribution in [3.05, 3.63) is 36.7 Å². The van der Waals surface area contributed by atoms with Gasteiger partial charge in [-0.2, -0.15) is 0 Å². The number of rotatable bonds is 8. The van der Waals surface area contributed by atoms with Crippen molar-refractivity contribution in [2.24, 2.45) is 0 Å². The van der Waals surface area contributed by atoms with Crippen LogP contribution >= 0.6 is 0 Å². The Labute approximate surface area is 265 Å². The molecule has 0 spiro atoms. The van der Waals surface area contributed by atoms with E-state index in [9.17, 15) is 4.79 Å². The maximum Gasteiger partial charge on any atom is 0.407 e. The first-order valence-corrected chi connectivity index (χ1v) is 18.9. The molecule has 0 unspecified atom stereocenters. The van der Waals surface area contributed by atoms with Gasteiger partial charge in [0.1, 0.15) is 28.8 Å². The Bertz CT molecular complexity index is 1680. The summed E-state index contributed by atoms with van der Waals surface area (Å²) in [7, 11) is -1.86. The molecule has 5 heterocycles. The van der Waals surface area contributed by atoms with Gasteiger partial charge < -0.3 is 28.5 Å². The lowest BCUT2D eigenvalue weighted by Gasteiger charge is -2.38. The van der Waals surface area contributed by atoms with E-state index in [1.165, 1.54) is 0 Å². The van der Waals surface area contributed by atoms with E-state index >= 15 is 0 Å². The summed E-state index contributed by atoms with van der Waals surface area (Å²) in [5.74, 6) is 2.08. The summed E-state index contributed by atoms with van der Waals surface area (Å²) in [6.07, 6.45) is 6.70. The number of furan rings is 1. The normalized spacial score (nSPS) is 20.9. The summed E-state index contributed by atoms with van der Waals surface area (Å²) in [5, 5.41) is 8.77. The fourth-order valence-electron chi connectivity index (χ4n) is 5.62. The average molecular weight is 635 g/mol. The van der Waals surface area contributed by atoms with Crippen molar-refractivity contribution in [3.63, 3.8) is 0 Å². The molecular weight excluding hydrogens is 588 g/mol. The highest BCUT2D eigenvalue weighted by Gasteiger charge is 2.39. The molecule has 1 atom stereocenters. The zero-order chi connectivity index (χ0) is 32.1. The van der Waals surface area contributed by atoms with Crippen molar-refractivity contribution in [1.82, 2.24) is 24.9 Å². The maximum absolute atomic E-state index is 12.1. The van der Waals surface area contributed by atoms with Gasteiger partial charge in [-0.1, -0.05) is 20.8 Å². The SMILES string of the molecule is CC(C)(C)OC(=O)N[C@H]1C[C@H](Oc2ccc3ncc(-c4cc5c(N6CCC[C@@H]6CO[Si](C)(C)C(C)(C)C)nccc5o4)n3n2)C1. The van der Waals surface area contributed by atoms with E-state index in [1.807, 2.05) is 51.2 Å². The van der Waals surface area contributed by atoms with Crippen molar-refractivity contribution in [2.45, 2.75) is 109 Å². The second-order valence-electron chi connectivity index (χ2n) is 14.9. The molecule has 2 fully saturated rings. The van der Waals surface area contributed by atoms with Crippen LogP contribution < -0.4 is 15.0 Å². The number of anilines is 1. The molecule has 0 bridgehead atoms. The monoisotopic (exact) mass is 634 g/mol. The molecule has 2 aliphatic rings. The number of pyridine rings is 1. The lowest BCUT2D eigenvalue weighted by Crippen LogP contribution is -2.50.